The summed E-state index contributed by atoms with van der Waals surface area (Å²) in [6.07, 6.45) is 0. The van der Waals surface area contributed by atoms with Crippen molar-refractivity contribution in [3.05, 3.63) is 116 Å². The highest BCUT2D eigenvalue weighted by molar-refractivity contribution is 7.86. The van der Waals surface area contributed by atoms with Crippen molar-refractivity contribution in [2.75, 3.05) is 33.5 Å². The van der Waals surface area contributed by atoms with Crippen LogP contribution >= 0.6 is 0 Å². The molecule has 1 aliphatic rings. The van der Waals surface area contributed by atoms with Crippen molar-refractivity contribution >= 4 is 144 Å². The second kappa shape index (κ2) is 23.3. The van der Waals surface area contributed by atoms with Crippen LogP contribution in [0.2, 0.25) is 0 Å². The third kappa shape index (κ3) is 13.3. The Morgan fingerprint density at radius 3 is 1.09 bits per heavy atom. The van der Waals surface area contributed by atoms with E-state index in [-0.39, 0.29) is 25.0 Å². The smallest absolute Gasteiger partial charge is 0.351 e. The lowest BCUT2D eigenvalue weighted by molar-refractivity contribution is 0.0676. The first-order valence-corrected chi connectivity index (χ1v) is 30.3. The van der Waals surface area contributed by atoms with Gasteiger partial charge in [-0.2, -0.15) is 63.8 Å². The Kier molecular flexibility index (Phi) is 16.4. The van der Waals surface area contributed by atoms with Gasteiger partial charge in [0, 0.05) is 35.9 Å². The molecule has 1 saturated heterocycles. The summed E-state index contributed by atoms with van der Waals surface area (Å²) >= 11 is 0. The number of hydrogen-bond acceptors (Lipinski definition) is 28. The van der Waals surface area contributed by atoms with Gasteiger partial charge >= 0.3 is 35.3 Å². The van der Waals surface area contributed by atoms with Crippen molar-refractivity contribution < 1.29 is 102 Å². The number of azo groups is 2. The first-order chi connectivity index (χ1) is 41.8. The number of nitrogens with zero attached hydrogens (tertiary/aromatic N) is 10. The van der Waals surface area contributed by atoms with Gasteiger partial charge in [0.15, 0.2) is 11.5 Å². The molecule has 42 heteroatoms. The van der Waals surface area contributed by atoms with Crippen LogP contribution in [0.25, 0.3) is 21.5 Å². The lowest BCUT2D eigenvalue weighted by atomic mass is 10.1. The summed E-state index contributed by atoms with van der Waals surface area (Å²) in [5, 5.41) is 79.2. The van der Waals surface area contributed by atoms with Gasteiger partial charge in [0.1, 0.15) is 21.2 Å². The van der Waals surface area contributed by atoms with Crippen LogP contribution in [0.1, 0.15) is 55.3 Å². The van der Waals surface area contributed by atoms with E-state index in [9.17, 15) is 111 Å². The molecule has 0 aliphatic carbocycles. The summed E-state index contributed by atoms with van der Waals surface area (Å²) in [7, 11) is -21.3. The average Bonchev–Trinajstić information content (AvgIpc) is 0.800. The molecular weight excluding hydrogens is 1280 g/mol. The standard InChI is InChI=1S/C48H38N14O24S4/c1-17-15-62(46-52-44(54-48(74)56-46)50-30-14-28(88(78,79)80)10-20-12-32(90(84,85)86)36(38(64)34(20)30)60-58-26-7-23(41(69)70)4-24(8-26)42(71)72)18(2)16-61(17)45-51-43(53-47(73)55-45)49-29-13-27(87(75,76)77)9-19-11-31(89(81,82)83)35(37(63)33(19)29)59-57-25-5-21(39(65)66)3-22(6-25)40(67)68/h3-14,17-18,63-64H,15-16H2,1-2H3,(H,65,66)(H,67,68)(H,69,70)(H,71,72)(H,75,76,77)(H,78,79,80)(H,81,82,83)(H,84,85,86)(H2,49,51,53,55,73)(H2,50,52,54,56,74). The summed E-state index contributed by atoms with van der Waals surface area (Å²) in [6.45, 7) is 2.85. The van der Waals surface area contributed by atoms with E-state index in [1.165, 1.54) is 9.80 Å². The fraction of sp³-hybridized carbons (Fsp3) is 0.125. The molecule has 2 unspecified atom stereocenters. The van der Waals surface area contributed by atoms with Crippen molar-refractivity contribution in [3.63, 3.8) is 0 Å². The molecule has 9 rings (SSSR count). The zero-order chi connectivity index (χ0) is 66.0. The van der Waals surface area contributed by atoms with Gasteiger partial charge in [-0.3, -0.25) is 28.2 Å². The number of carboxylic acids is 4. The molecule has 90 heavy (non-hydrogen) atoms. The molecule has 38 nitrogen and oxygen atoms in total. The Morgan fingerprint density at radius 1 is 0.478 bits per heavy atom. The fourth-order valence-corrected chi connectivity index (χ4v) is 11.5. The summed E-state index contributed by atoms with van der Waals surface area (Å²) in [5.74, 6) is -10.7. The van der Waals surface area contributed by atoms with E-state index in [1.807, 2.05) is 0 Å². The van der Waals surface area contributed by atoms with Crippen molar-refractivity contribution in [2.45, 2.75) is 45.5 Å². The molecule has 14 N–H and O–H groups in total. The van der Waals surface area contributed by atoms with Crippen molar-refractivity contribution in [2.24, 2.45) is 20.5 Å². The molecule has 0 spiro atoms. The molecule has 468 valence electrons. The lowest BCUT2D eigenvalue weighted by Gasteiger charge is -2.43. The van der Waals surface area contributed by atoms with E-state index in [4.69, 9.17) is 0 Å². The molecule has 3 heterocycles. The van der Waals surface area contributed by atoms with Crippen molar-refractivity contribution in [3.8, 4) is 11.5 Å². The van der Waals surface area contributed by atoms with E-state index in [1.54, 1.807) is 13.8 Å². The average molecular weight is 1320 g/mol. The van der Waals surface area contributed by atoms with E-state index in [0.717, 1.165) is 36.4 Å². The normalized spacial score (nSPS) is 15.0. The predicted molar refractivity (Wildman–Crippen MR) is 305 cm³/mol. The SMILES string of the molecule is CC1CN(c2nc(Nc3cc(S(=O)(=O)O)cc4cc(S(=O)(=O)O)c(N=Nc5cc(C(=O)O)cc(C(=O)O)c5)c(O)c34)[nH]c(=O)n2)C(C)CN1c1nc(Nc2cc(S(=O)(=O)O)cc3cc(S(=O)(=O)O)c(N=Nc4cc(C(=O)O)cc(C(=O)O)c4)c(O)c23)[nH]c(=O)n1. The predicted octanol–water partition coefficient (Wildman–Crippen LogP) is 4.56. The van der Waals surface area contributed by atoms with Crippen LogP contribution in [-0.2, 0) is 40.5 Å². The van der Waals surface area contributed by atoms with Crippen LogP contribution in [0, 0.1) is 0 Å². The maximum absolute atomic E-state index is 13.3. The van der Waals surface area contributed by atoms with Crippen LogP contribution in [0.15, 0.2) is 122 Å². The molecule has 8 aromatic rings. The van der Waals surface area contributed by atoms with Gasteiger partial charge in [-0.1, -0.05) is 0 Å². The van der Waals surface area contributed by atoms with Crippen molar-refractivity contribution in [1.29, 1.82) is 0 Å². The molecule has 2 atom stereocenters. The molecule has 0 saturated carbocycles. The number of aromatic nitrogens is 6. The number of aromatic hydroxyl groups is 2. The maximum Gasteiger partial charge on any atom is 0.351 e. The van der Waals surface area contributed by atoms with Crippen molar-refractivity contribution in [1.82, 2.24) is 29.9 Å². The first-order valence-electron chi connectivity index (χ1n) is 24.5. The molecule has 0 amide bonds. The van der Waals surface area contributed by atoms with Gasteiger partial charge in [-0.15, -0.1) is 10.2 Å². The summed E-state index contributed by atoms with van der Waals surface area (Å²) in [6, 6.07) is 7.15. The molecule has 1 fully saturated rings. The molecule has 6 aromatic carbocycles. The molecule has 2 aromatic heterocycles. The van der Waals surface area contributed by atoms with Crippen LogP contribution in [0.4, 0.5) is 57.9 Å². The Labute approximate surface area is 500 Å². The minimum atomic E-state index is -5.45. The molecular formula is C48H38N14O24S4. The number of anilines is 6. The monoisotopic (exact) mass is 1320 g/mol. The number of hydrogen-bond donors (Lipinski definition) is 14. The Balaban J connectivity index is 1.06. The summed E-state index contributed by atoms with van der Waals surface area (Å²) in [5.41, 5.74) is -8.99. The van der Waals surface area contributed by atoms with Gasteiger partial charge < -0.3 is 51.1 Å². The topological polar surface area (TPSA) is 604 Å². The number of phenolic OH excluding ortho intramolecular Hbond substituents is 2. The number of aromatic carboxylic acids is 4. The maximum atomic E-state index is 13.3. The third-order valence-electron chi connectivity index (χ3n) is 13.0. The highest BCUT2D eigenvalue weighted by Crippen LogP contribution is 2.48. The number of phenols is 2. The number of nitrogens with one attached hydrogen (secondary N) is 4. The zero-order valence-electron chi connectivity index (χ0n) is 44.8. The van der Waals surface area contributed by atoms with Crippen LogP contribution in [0.5, 0.6) is 11.5 Å². The number of benzene rings is 6. The highest BCUT2D eigenvalue weighted by Gasteiger charge is 2.34. The number of carbonyl (C=O) groups is 4. The molecule has 0 radical (unpaired) electrons. The van der Waals surface area contributed by atoms with Crippen LogP contribution < -0.4 is 31.8 Å². The summed E-state index contributed by atoms with van der Waals surface area (Å²) in [4.78, 5) is 93.2. The van der Waals surface area contributed by atoms with E-state index in [2.05, 4.69) is 61.0 Å². The van der Waals surface area contributed by atoms with Crippen LogP contribution in [0.3, 0.4) is 0 Å². The largest absolute Gasteiger partial charge is 0.505 e. The van der Waals surface area contributed by atoms with E-state index in [0.29, 0.717) is 36.4 Å². The van der Waals surface area contributed by atoms with Gasteiger partial charge in [-0.05, 0) is 97.4 Å². The Hall–Kier alpha value is -11.0. The van der Waals surface area contributed by atoms with E-state index >= 15 is 0 Å². The second-order valence-corrected chi connectivity index (χ2v) is 24.8. The minimum absolute atomic E-state index is 0.151. The molecule has 0 bridgehead atoms. The number of H-pyrrole nitrogens is 2. The lowest BCUT2D eigenvalue weighted by Crippen LogP contribution is -2.58. The summed E-state index contributed by atoms with van der Waals surface area (Å²) < 4.78 is 142. The number of piperazine rings is 1. The minimum Gasteiger partial charge on any atom is -0.505 e. The molecule has 1 aliphatic heterocycles. The van der Waals surface area contributed by atoms with Gasteiger partial charge in [0.05, 0.1) is 54.8 Å². The number of rotatable bonds is 18. The third-order valence-corrected chi connectivity index (χ3v) is 16.4. The fourth-order valence-electron chi connectivity index (χ4n) is 9.11. The number of carboxylic acid groups (broad SMARTS) is 4. The van der Waals surface area contributed by atoms with Gasteiger partial charge in [-0.25, -0.2) is 28.8 Å². The highest BCUT2D eigenvalue weighted by atomic mass is 32.2. The van der Waals surface area contributed by atoms with Gasteiger partial charge in [0.2, 0.25) is 23.8 Å². The first kappa shape index (κ1) is 63.5. The van der Waals surface area contributed by atoms with E-state index < -0.39 is 209 Å². The number of fused-ring (bicyclic) bond motifs is 2. The number of aromatic amines is 2. The Bertz CT molecular complexity index is 4760. The van der Waals surface area contributed by atoms with Crippen LogP contribution in [-0.4, -0.2) is 161 Å². The second-order valence-electron chi connectivity index (χ2n) is 19.2. The quantitative estimate of drug-likeness (QED) is 0.0413. The Morgan fingerprint density at radius 2 is 0.800 bits per heavy atom. The van der Waals surface area contributed by atoms with Gasteiger partial charge in [0.25, 0.3) is 40.5 Å². The zero-order valence-corrected chi connectivity index (χ0v) is 48.1.